The molecule has 1 N–H and O–H groups in total. The van der Waals surface area contributed by atoms with Crippen LogP contribution in [-0.4, -0.2) is 26.8 Å². The zero-order valence-corrected chi connectivity index (χ0v) is 14.2. The molecule has 1 heterocycles. The number of nitrogens with zero attached hydrogens (tertiary/aromatic N) is 3. The van der Waals surface area contributed by atoms with Crippen LogP contribution in [-0.2, 0) is 13.6 Å². The highest BCUT2D eigenvalue weighted by molar-refractivity contribution is 5.94. The van der Waals surface area contributed by atoms with E-state index in [4.69, 9.17) is 0 Å². The minimum atomic E-state index is -1.12. The van der Waals surface area contributed by atoms with Gasteiger partial charge in [-0.3, -0.25) is 9.36 Å². The second kappa shape index (κ2) is 7.48. The molecule has 9 heteroatoms. The van der Waals surface area contributed by atoms with Gasteiger partial charge in [-0.05, 0) is 42.5 Å². The maximum absolute atomic E-state index is 13.2. The monoisotopic (exact) mass is 376 g/mol. The van der Waals surface area contributed by atoms with Gasteiger partial charge in [0, 0.05) is 24.7 Å². The van der Waals surface area contributed by atoms with Crippen LogP contribution in [0.15, 0.2) is 47.3 Å². The maximum Gasteiger partial charge on any atom is 0.345 e. The van der Waals surface area contributed by atoms with Crippen LogP contribution < -0.4 is 11.0 Å². The molecule has 0 radical (unpaired) electrons. The first-order valence-corrected chi connectivity index (χ1v) is 8.00. The van der Waals surface area contributed by atoms with Gasteiger partial charge in [-0.1, -0.05) is 0 Å². The molecule has 0 saturated carbocycles. The van der Waals surface area contributed by atoms with Crippen molar-refractivity contribution in [1.29, 1.82) is 0 Å². The van der Waals surface area contributed by atoms with Crippen LogP contribution in [0.1, 0.15) is 10.4 Å². The van der Waals surface area contributed by atoms with Gasteiger partial charge in [-0.15, -0.1) is 5.10 Å². The summed E-state index contributed by atoms with van der Waals surface area (Å²) in [5.41, 5.74) is 0.131. The summed E-state index contributed by atoms with van der Waals surface area (Å²) in [6.45, 7) is 0.126. The Balaban J connectivity index is 1.68. The lowest BCUT2D eigenvalue weighted by Crippen LogP contribution is -2.31. The fourth-order valence-corrected chi connectivity index (χ4v) is 2.50. The van der Waals surface area contributed by atoms with Gasteiger partial charge < -0.3 is 5.32 Å². The molecule has 0 unspecified atom stereocenters. The molecule has 0 saturated heterocycles. The number of amides is 1. The third-order valence-corrected chi connectivity index (χ3v) is 3.93. The molecule has 1 aromatic heterocycles. The summed E-state index contributed by atoms with van der Waals surface area (Å²) in [5.74, 6) is -2.81. The molecule has 0 atom stereocenters. The molecule has 3 rings (SSSR count). The van der Waals surface area contributed by atoms with Gasteiger partial charge in [0.25, 0.3) is 5.91 Å². The molecule has 1 amide bonds. The highest BCUT2D eigenvalue weighted by Gasteiger charge is 2.13. The van der Waals surface area contributed by atoms with Gasteiger partial charge in [0.1, 0.15) is 5.82 Å². The van der Waals surface area contributed by atoms with Gasteiger partial charge >= 0.3 is 5.69 Å². The molecule has 3 aromatic rings. The molecule has 0 bridgehead atoms. The minimum absolute atomic E-state index is 0.0331. The van der Waals surface area contributed by atoms with Gasteiger partial charge in [-0.25, -0.2) is 22.6 Å². The SMILES string of the molecule is Cn1c(-c2ccc(F)cc2)nn(CCNC(=O)c2ccc(F)c(F)c2)c1=O. The van der Waals surface area contributed by atoms with Crippen molar-refractivity contribution in [2.75, 3.05) is 6.54 Å². The summed E-state index contributed by atoms with van der Waals surface area (Å²) < 4.78 is 41.6. The molecule has 0 spiro atoms. The normalized spacial score (nSPS) is 10.8. The molecule has 0 aliphatic carbocycles. The molecule has 27 heavy (non-hydrogen) atoms. The Morgan fingerprint density at radius 2 is 1.78 bits per heavy atom. The summed E-state index contributed by atoms with van der Waals surface area (Å²) in [7, 11) is 1.53. The number of nitrogens with one attached hydrogen (secondary N) is 1. The largest absolute Gasteiger partial charge is 0.350 e. The van der Waals surface area contributed by atoms with Gasteiger partial charge in [0.15, 0.2) is 17.5 Å². The van der Waals surface area contributed by atoms with Gasteiger partial charge in [-0.2, -0.15) is 0 Å². The summed E-state index contributed by atoms with van der Waals surface area (Å²) in [5, 5.41) is 6.70. The van der Waals surface area contributed by atoms with Crippen LogP contribution in [0, 0.1) is 17.5 Å². The highest BCUT2D eigenvalue weighted by atomic mass is 19.2. The second-order valence-corrected chi connectivity index (χ2v) is 5.78. The van der Waals surface area contributed by atoms with E-state index in [1.165, 1.54) is 35.9 Å². The Hall–Kier alpha value is -3.36. The summed E-state index contributed by atoms with van der Waals surface area (Å²) in [4.78, 5) is 24.2. The standard InChI is InChI=1S/C18H15F3N4O2/c1-24-16(11-2-5-13(19)6-3-11)23-25(18(24)27)9-8-22-17(26)12-4-7-14(20)15(21)10-12/h2-7,10H,8-9H2,1H3,(H,22,26). The topological polar surface area (TPSA) is 68.9 Å². The summed E-state index contributed by atoms with van der Waals surface area (Å²) >= 11 is 0. The van der Waals surface area contributed by atoms with Crippen molar-refractivity contribution in [2.24, 2.45) is 7.05 Å². The zero-order chi connectivity index (χ0) is 19.6. The molecule has 140 valence electrons. The summed E-state index contributed by atoms with van der Waals surface area (Å²) in [6.07, 6.45) is 0. The number of aromatic nitrogens is 3. The van der Waals surface area contributed by atoms with E-state index in [2.05, 4.69) is 10.4 Å². The lowest BCUT2D eigenvalue weighted by molar-refractivity contribution is 0.0951. The number of rotatable bonds is 5. The fraction of sp³-hybridized carbons (Fsp3) is 0.167. The first-order chi connectivity index (χ1) is 12.9. The van der Waals surface area contributed by atoms with Crippen molar-refractivity contribution in [3.63, 3.8) is 0 Å². The number of carbonyl (C=O) groups is 1. The third-order valence-electron chi connectivity index (χ3n) is 3.93. The zero-order valence-electron chi connectivity index (χ0n) is 14.2. The second-order valence-electron chi connectivity index (χ2n) is 5.78. The Morgan fingerprint density at radius 3 is 2.44 bits per heavy atom. The first kappa shape index (κ1) is 18.4. The average Bonchev–Trinajstić information content (AvgIpc) is 2.93. The Morgan fingerprint density at radius 1 is 1.07 bits per heavy atom. The van der Waals surface area contributed by atoms with E-state index in [0.717, 1.165) is 22.9 Å². The van der Waals surface area contributed by atoms with Crippen LogP contribution in [0.4, 0.5) is 13.2 Å². The molecular formula is C18H15F3N4O2. The Labute approximate surface area is 151 Å². The van der Waals surface area contributed by atoms with Crippen molar-refractivity contribution in [2.45, 2.75) is 6.54 Å². The maximum atomic E-state index is 13.2. The quantitative estimate of drug-likeness (QED) is 0.742. The molecule has 0 aliphatic heterocycles. The van der Waals surface area contributed by atoms with Crippen molar-refractivity contribution < 1.29 is 18.0 Å². The number of halogens is 3. The number of benzene rings is 2. The number of carbonyl (C=O) groups excluding carboxylic acids is 1. The van der Waals surface area contributed by atoms with Crippen molar-refractivity contribution in [3.8, 4) is 11.4 Å². The van der Waals surface area contributed by atoms with Crippen molar-refractivity contribution in [3.05, 3.63) is 76.0 Å². The van der Waals surface area contributed by atoms with E-state index in [1.807, 2.05) is 0 Å². The van der Waals surface area contributed by atoms with E-state index >= 15 is 0 Å². The molecule has 0 fully saturated rings. The first-order valence-electron chi connectivity index (χ1n) is 8.00. The predicted molar refractivity (Wildman–Crippen MR) is 91.6 cm³/mol. The van der Waals surface area contributed by atoms with Crippen LogP contribution in [0.2, 0.25) is 0 Å². The molecule has 0 aliphatic rings. The smallest absolute Gasteiger partial charge is 0.345 e. The van der Waals surface area contributed by atoms with Crippen molar-refractivity contribution in [1.82, 2.24) is 19.7 Å². The van der Waals surface area contributed by atoms with Gasteiger partial charge in [0.2, 0.25) is 0 Å². The van der Waals surface area contributed by atoms with E-state index in [0.29, 0.717) is 11.4 Å². The van der Waals surface area contributed by atoms with Crippen LogP contribution in [0.5, 0.6) is 0 Å². The average molecular weight is 376 g/mol. The Bertz CT molecular complexity index is 1040. The van der Waals surface area contributed by atoms with E-state index < -0.39 is 29.0 Å². The fourth-order valence-electron chi connectivity index (χ4n) is 2.50. The highest BCUT2D eigenvalue weighted by Crippen LogP contribution is 2.15. The van der Waals surface area contributed by atoms with Crippen molar-refractivity contribution >= 4 is 5.91 Å². The Kier molecular flexibility index (Phi) is 5.11. The number of hydrogen-bond donors (Lipinski definition) is 1. The lowest BCUT2D eigenvalue weighted by Gasteiger charge is -2.05. The van der Waals surface area contributed by atoms with Crippen LogP contribution >= 0.6 is 0 Å². The van der Waals surface area contributed by atoms with E-state index in [9.17, 15) is 22.8 Å². The predicted octanol–water partition coefficient (Wildman–Crippen LogP) is 2.10. The molecule has 2 aromatic carbocycles. The summed E-state index contributed by atoms with van der Waals surface area (Å²) in [6, 6.07) is 8.36. The van der Waals surface area contributed by atoms with E-state index in [-0.39, 0.29) is 18.7 Å². The minimum Gasteiger partial charge on any atom is -0.350 e. The van der Waals surface area contributed by atoms with Gasteiger partial charge in [0.05, 0.1) is 6.54 Å². The third kappa shape index (κ3) is 3.91. The van der Waals surface area contributed by atoms with Crippen LogP contribution in [0.3, 0.4) is 0 Å². The van der Waals surface area contributed by atoms with Crippen LogP contribution in [0.25, 0.3) is 11.4 Å². The lowest BCUT2D eigenvalue weighted by atomic mass is 10.2. The molecule has 6 nitrogen and oxygen atoms in total. The molecular weight excluding hydrogens is 361 g/mol. The number of hydrogen-bond acceptors (Lipinski definition) is 3. The van der Waals surface area contributed by atoms with E-state index in [1.54, 1.807) is 0 Å².